The van der Waals surface area contributed by atoms with Crippen LogP contribution in [-0.4, -0.2) is 49.2 Å². The molecular weight excluding hydrogens is 272 g/mol. The topological polar surface area (TPSA) is 82.1 Å². The summed E-state index contributed by atoms with van der Waals surface area (Å²) in [5.41, 5.74) is 0.964. The first kappa shape index (κ1) is 14.2. The van der Waals surface area contributed by atoms with Crippen LogP contribution in [0.2, 0.25) is 0 Å². The molecule has 3 heterocycles. The summed E-state index contributed by atoms with van der Waals surface area (Å²) in [6, 6.07) is 0. The number of hydrogen-bond acceptors (Lipinski definition) is 7. The zero-order valence-electron chi connectivity index (χ0n) is 12.6. The quantitative estimate of drug-likeness (QED) is 0.829. The number of morpholine rings is 1. The fourth-order valence-electron chi connectivity index (χ4n) is 2.54. The van der Waals surface area contributed by atoms with Crippen molar-refractivity contribution < 1.29 is 9.26 Å². The molecule has 114 valence electrons. The van der Waals surface area contributed by atoms with E-state index in [0.29, 0.717) is 18.3 Å². The minimum atomic E-state index is -0.184. The van der Waals surface area contributed by atoms with Gasteiger partial charge in [0.05, 0.1) is 24.5 Å². The maximum Gasteiger partial charge on any atom is 0.257 e. The Labute approximate surface area is 123 Å². The second kappa shape index (κ2) is 5.90. The molecule has 1 aliphatic rings. The van der Waals surface area contributed by atoms with Gasteiger partial charge in [0.15, 0.2) is 5.82 Å². The number of nitrogens with zero attached hydrogens (tertiary/aromatic N) is 6. The maximum atomic E-state index is 5.90. The van der Waals surface area contributed by atoms with E-state index < -0.39 is 0 Å². The van der Waals surface area contributed by atoms with E-state index in [1.54, 1.807) is 11.7 Å². The normalized spacial score (nSPS) is 23.6. The molecule has 0 aromatic carbocycles. The lowest BCUT2D eigenvalue weighted by atomic mass is 10.2. The van der Waals surface area contributed by atoms with Crippen LogP contribution in [0.15, 0.2) is 10.7 Å². The van der Waals surface area contributed by atoms with Crippen LogP contribution in [0.4, 0.5) is 0 Å². The Kier molecular flexibility index (Phi) is 3.98. The van der Waals surface area contributed by atoms with Gasteiger partial charge >= 0.3 is 0 Å². The van der Waals surface area contributed by atoms with Crippen LogP contribution >= 0.6 is 0 Å². The fraction of sp³-hybridized carbons (Fsp3) is 0.692. The molecule has 0 spiro atoms. The summed E-state index contributed by atoms with van der Waals surface area (Å²) >= 11 is 0. The fourth-order valence-corrected chi connectivity index (χ4v) is 2.54. The Bertz CT molecular complexity index is 595. The third kappa shape index (κ3) is 3.27. The van der Waals surface area contributed by atoms with Crippen LogP contribution in [0.25, 0.3) is 0 Å². The van der Waals surface area contributed by atoms with Crippen molar-refractivity contribution in [1.82, 2.24) is 30.0 Å². The number of aromatic nitrogens is 5. The van der Waals surface area contributed by atoms with E-state index in [1.165, 1.54) is 0 Å². The lowest BCUT2D eigenvalue weighted by Crippen LogP contribution is -2.42. The molecule has 2 aromatic rings. The van der Waals surface area contributed by atoms with Crippen molar-refractivity contribution in [1.29, 1.82) is 0 Å². The van der Waals surface area contributed by atoms with E-state index in [0.717, 1.165) is 25.3 Å². The predicted octanol–water partition coefficient (Wildman–Crippen LogP) is 0.951. The molecule has 2 aromatic heterocycles. The molecular formula is C13H20N6O2. The first-order chi connectivity index (χ1) is 10.1. The molecule has 0 aliphatic carbocycles. The molecule has 3 rings (SSSR count). The average Bonchev–Trinajstić information content (AvgIpc) is 3.07. The Morgan fingerprint density at radius 2 is 2.24 bits per heavy atom. The molecule has 8 heteroatoms. The van der Waals surface area contributed by atoms with Crippen molar-refractivity contribution in [2.24, 2.45) is 0 Å². The van der Waals surface area contributed by atoms with Crippen molar-refractivity contribution in [2.45, 2.75) is 46.1 Å². The highest BCUT2D eigenvalue weighted by Crippen LogP contribution is 2.24. The van der Waals surface area contributed by atoms with Crippen LogP contribution in [-0.2, 0) is 17.8 Å². The van der Waals surface area contributed by atoms with Crippen molar-refractivity contribution in [3.8, 4) is 0 Å². The van der Waals surface area contributed by atoms with Gasteiger partial charge in [0.25, 0.3) is 5.89 Å². The monoisotopic (exact) mass is 292 g/mol. The van der Waals surface area contributed by atoms with E-state index >= 15 is 0 Å². The number of aryl methyl sites for hydroxylation is 2. The Hall–Kier alpha value is -1.80. The SMILES string of the molecule is CCn1ncc(CN2C[C@@H](C)O[C@@H](c3nc(C)no3)C2)n1. The van der Waals surface area contributed by atoms with Crippen molar-refractivity contribution in [3.05, 3.63) is 23.6 Å². The van der Waals surface area contributed by atoms with Crippen molar-refractivity contribution in [2.75, 3.05) is 13.1 Å². The van der Waals surface area contributed by atoms with Gasteiger partial charge in [-0.25, -0.2) is 0 Å². The second-order valence-electron chi connectivity index (χ2n) is 5.33. The van der Waals surface area contributed by atoms with E-state index in [-0.39, 0.29) is 12.2 Å². The van der Waals surface area contributed by atoms with Gasteiger partial charge in [-0.1, -0.05) is 5.16 Å². The summed E-state index contributed by atoms with van der Waals surface area (Å²) < 4.78 is 11.1. The summed E-state index contributed by atoms with van der Waals surface area (Å²) in [5.74, 6) is 1.17. The Morgan fingerprint density at radius 1 is 1.38 bits per heavy atom. The second-order valence-corrected chi connectivity index (χ2v) is 5.33. The van der Waals surface area contributed by atoms with E-state index in [1.807, 2.05) is 20.0 Å². The lowest BCUT2D eigenvalue weighted by Gasteiger charge is -2.34. The van der Waals surface area contributed by atoms with Gasteiger partial charge in [0.2, 0.25) is 0 Å². The Balaban J connectivity index is 1.68. The van der Waals surface area contributed by atoms with Gasteiger partial charge in [-0.15, -0.1) is 0 Å². The smallest absolute Gasteiger partial charge is 0.257 e. The third-order valence-corrected chi connectivity index (χ3v) is 3.41. The van der Waals surface area contributed by atoms with E-state index in [2.05, 4.69) is 25.2 Å². The summed E-state index contributed by atoms with van der Waals surface area (Å²) in [7, 11) is 0. The van der Waals surface area contributed by atoms with Gasteiger partial charge in [-0.05, 0) is 20.8 Å². The largest absolute Gasteiger partial charge is 0.363 e. The highest BCUT2D eigenvalue weighted by atomic mass is 16.5. The first-order valence-corrected chi connectivity index (χ1v) is 7.21. The highest BCUT2D eigenvalue weighted by molar-refractivity contribution is 4.96. The highest BCUT2D eigenvalue weighted by Gasteiger charge is 2.30. The van der Waals surface area contributed by atoms with Gasteiger partial charge in [-0.3, -0.25) is 4.90 Å². The van der Waals surface area contributed by atoms with Crippen molar-refractivity contribution >= 4 is 0 Å². The zero-order chi connectivity index (χ0) is 14.8. The summed E-state index contributed by atoms with van der Waals surface area (Å²) in [5, 5.41) is 12.5. The molecule has 1 aliphatic heterocycles. The van der Waals surface area contributed by atoms with Gasteiger partial charge in [-0.2, -0.15) is 20.0 Å². The van der Waals surface area contributed by atoms with Gasteiger partial charge in [0, 0.05) is 19.6 Å². The molecule has 0 radical (unpaired) electrons. The molecule has 21 heavy (non-hydrogen) atoms. The number of ether oxygens (including phenoxy) is 1. The summed E-state index contributed by atoms with van der Waals surface area (Å²) in [6.07, 6.45) is 1.74. The predicted molar refractivity (Wildman–Crippen MR) is 73.3 cm³/mol. The maximum absolute atomic E-state index is 5.90. The number of hydrogen-bond donors (Lipinski definition) is 0. The molecule has 0 bridgehead atoms. The lowest BCUT2D eigenvalue weighted by molar-refractivity contribution is -0.0933. The third-order valence-electron chi connectivity index (χ3n) is 3.41. The molecule has 1 saturated heterocycles. The minimum Gasteiger partial charge on any atom is -0.363 e. The van der Waals surface area contributed by atoms with Crippen molar-refractivity contribution in [3.63, 3.8) is 0 Å². The zero-order valence-corrected chi connectivity index (χ0v) is 12.6. The average molecular weight is 292 g/mol. The number of rotatable bonds is 4. The molecule has 8 nitrogen and oxygen atoms in total. The van der Waals surface area contributed by atoms with Gasteiger partial charge < -0.3 is 9.26 Å². The van der Waals surface area contributed by atoms with E-state index in [9.17, 15) is 0 Å². The van der Waals surface area contributed by atoms with Crippen LogP contribution in [0.3, 0.4) is 0 Å². The van der Waals surface area contributed by atoms with Crippen LogP contribution in [0.1, 0.15) is 37.4 Å². The molecule has 0 N–H and O–H groups in total. The minimum absolute atomic E-state index is 0.108. The summed E-state index contributed by atoms with van der Waals surface area (Å²) in [4.78, 5) is 8.24. The first-order valence-electron chi connectivity index (χ1n) is 7.21. The Morgan fingerprint density at radius 3 is 2.90 bits per heavy atom. The van der Waals surface area contributed by atoms with Crippen LogP contribution in [0, 0.1) is 6.92 Å². The van der Waals surface area contributed by atoms with Gasteiger partial charge in [0.1, 0.15) is 6.10 Å². The van der Waals surface area contributed by atoms with Crippen LogP contribution in [0.5, 0.6) is 0 Å². The molecule has 0 saturated carbocycles. The molecule has 0 amide bonds. The molecule has 2 atom stereocenters. The standard InChI is InChI=1S/C13H20N6O2/c1-4-19-14-5-11(16-19)7-18-6-9(2)20-12(8-18)13-15-10(3)17-21-13/h5,9,12H,4,6-8H2,1-3H3/t9-,12-/m1/s1. The molecule has 1 fully saturated rings. The molecule has 0 unspecified atom stereocenters. The van der Waals surface area contributed by atoms with E-state index in [4.69, 9.17) is 9.26 Å². The van der Waals surface area contributed by atoms with Crippen LogP contribution < -0.4 is 0 Å². The summed E-state index contributed by atoms with van der Waals surface area (Å²) in [6.45, 7) is 8.97.